The summed E-state index contributed by atoms with van der Waals surface area (Å²) in [6, 6.07) is 9.01. The van der Waals surface area contributed by atoms with E-state index in [1.807, 2.05) is 38.1 Å². The summed E-state index contributed by atoms with van der Waals surface area (Å²) >= 11 is 0. The molecule has 1 aliphatic rings. The molecule has 1 heterocycles. The first-order valence-electron chi connectivity index (χ1n) is 10.2. The zero-order valence-electron chi connectivity index (χ0n) is 18.2. The fraction of sp³-hybridized carbons (Fsp3) is 0.545. The first-order valence-corrected chi connectivity index (χ1v) is 10.2. The number of hydrogen-bond acceptors (Lipinski definition) is 7. The molecule has 3 rings (SSSR count). The van der Waals surface area contributed by atoms with E-state index in [1.165, 1.54) is 5.56 Å². The highest BCUT2D eigenvalue weighted by Crippen LogP contribution is 2.25. The maximum absolute atomic E-state index is 5.36. The number of anilines is 2. The lowest BCUT2D eigenvalue weighted by Gasteiger charge is -2.30. The average Bonchev–Trinajstić information content (AvgIpc) is 2.72. The number of nitrogens with one attached hydrogen (secondary N) is 2. The van der Waals surface area contributed by atoms with Crippen LogP contribution in [0.4, 0.5) is 11.6 Å². The molecule has 1 aliphatic carbocycles. The number of aromatic nitrogens is 2. The lowest BCUT2D eigenvalue weighted by atomic mass is 9.91. The summed E-state index contributed by atoms with van der Waals surface area (Å²) in [6.45, 7) is 2.75. The Bertz CT molecular complexity index is 782. The van der Waals surface area contributed by atoms with Crippen molar-refractivity contribution >= 4 is 11.6 Å². The molecule has 1 saturated carbocycles. The third-order valence-electron chi connectivity index (χ3n) is 5.37. The Balaban J connectivity index is 1.50. The van der Waals surface area contributed by atoms with Crippen LogP contribution in [0.25, 0.3) is 0 Å². The van der Waals surface area contributed by atoms with Crippen LogP contribution >= 0.6 is 0 Å². The molecule has 1 aromatic heterocycles. The van der Waals surface area contributed by atoms with Crippen molar-refractivity contribution in [2.75, 3.05) is 38.5 Å². The lowest BCUT2D eigenvalue weighted by Crippen LogP contribution is -2.36. The molecule has 1 aromatic carbocycles. The number of methoxy groups -OCH3 is 2. The minimum Gasteiger partial charge on any atom is -0.497 e. The second kappa shape index (κ2) is 9.78. The Labute approximate surface area is 173 Å². The molecule has 29 heavy (non-hydrogen) atoms. The van der Waals surface area contributed by atoms with E-state index in [0.29, 0.717) is 12.1 Å². The van der Waals surface area contributed by atoms with E-state index in [1.54, 1.807) is 14.2 Å². The highest BCUT2D eigenvalue weighted by atomic mass is 16.5. The Morgan fingerprint density at radius 1 is 0.931 bits per heavy atom. The summed E-state index contributed by atoms with van der Waals surface area (Å²) in [5, 5.41) is 7.29. The quantitative estimate of drug-likeness (QED) is 0.705. The van der Waals surface area contributed by atoms with Crippen LogP contribution in [-0.2, 0) is 6.54 Å². The second-order valence-corrected chi connectivity index (χ2v) is 7.85. The van der Waals surface area contributed by atoms with E-state index in [4.69, 9.17) is 9.47 Å². The molecule has 0 bridgehead atoms. The molecule has 0 radical (unpaired) electrons. The number of nitrogens with zero attached hydrogens (tertiary/aromatic N) is 3. The smallest absolute Gasteiger partial charge is 0.133 e. The van der Waals surface area contributed by atoms with E-state index >= 15 is 0 Å². The first-order chi connectivity index (χ1) is 14.0. The summed E-state index contributed by atoms with van der Waals surface area (Å²) in [5.74, 6) is 4.30. The minimum absolute atomic E-state index is 0.453. The van der Waals surface area contributed by atoms with Gasteiger partial charge in [-0.05, 0) is 50.3 Å². The van der Waals surface area contributed by atoms with Gasteiger partial charge in [-0.15, -0.1) is 0 Å². The molecule has 0 aliphatic heterocycles. The number of rotatable bonds is 8. The van der Waals surface area contributed by atoms with Crippen LogP contribution in [0.5, 0.6) is 11.5 Å². The normalized spacial score (nSPS) is 18.9. The third-order valence-corrected chi connectivity index (χ3v) is 5.37. The van der Waals surface area contributed by atoms with Gasteiger partial charge in [-0.2, -0.15) is 0 Å². The molecule has 7 nitrogen and oxygen atoms in total. The van der Waals surface area contributed by atoms with E-state index in [0.717, 1.165) is 61.2 Å². The molecule has 158 valence electrons. The maximum atomic E-state index is 5.36. The highest BCUT2D eigenvalue weighted by molar-refractivity contribution is 5.49. The standard InChI is InChI=1S/C22H33N5O2/c1-15-24-21(13-22(25-15)27(2)3)26-18-8-6-17(7-9-18)23-14-16-10-19(28-4)12-20(11-16)29-5/h10-13,17-18,23H,6-9,14H2,1-5H3,(H,24,25,26)/t17-,18+. The molecule has 2 aromatic rings. The fourth-order valence-corrected chi connectivity index (χ4v) is 3.74. The molecule has 0 saturated heterocycles. The molecule has 0 amide bonds. The van der Waals surface area contributed by atoms with E-state index in [2.05, 4.69) is 32.7 Å². The van der Waals surface area contributed by atoms with Crippen molar-refractivity contribution in [2.45, 2.75) is 51.2 Å². The van der Waals surface area contributed by atoms with Crippen LogP contribution in [-0.4, -0.2) is 50.4 Å². The Morgan fingerprint density at radius 3 is 2.14 bits per heavy atom. The van der Waals surface area contributed by atoms with Gasteiger partial charge in [-0.1, -0.05) is 0 Å². The van der Waals surface area contributed by atoms with Crippen molar-refractivity contribution < 1.29 is 9.47 Å². The molecule has 1 fully saturated rings. The number of aryl methyl sites for hydroxylation is 1. The summed E-state index contributed by atoms with van der Waals surface area (Å²) in [6.07, 6.45) is 4.53. The Hall–Kier alpha value is -2.54. The topological polar surface area (TPSA) is 71.5 Å². The zero-order chi connectivity index (χ0) is 20.8. The van der Waals surface area contributed by atoms with E-state index < -0.39 is 0 Å². The van der Waals surface area contributed by atoms with Gasteiger partial charge in [0, 0.05) is 44.9 Å². The Kier molecular flexibility index (Phi) is 7.14. The molecule has 0 unspecified atom stereocenters. The Morgan fingerprint density at radius 2 is 1.55 bits per heavy atom. The van der Waals surface area contributed by atoms with Gasteiger partial charge in [-0.3, -0.25) is 0 Å². The van der Waals surface area contributed by atoms with Gasteiger partial charge < -0.3 is 25.0 Å². The number of benzene rings is 1. The lowest BCUT2D eigenvalue weighted by molar-refractivity contribution is 0.351. The second-order valence-electron chi connectivity index (χ2n) is 7.85. The van der Waals surface area contributed by atoms with E-state index in [-0.39, 0.29) is 0 Å². The number of ether oxygens (including phenoxy) is 2. The summed E-state index contributed by atoms with van der Waals surface area (Å²) in [7, 11) is 7.36. The van der Waals surface area contributed by atoms with Crippen LogP contribution in [0, 0.1) is 6.92 Å². The maximum Gasteiger partial charge on any atom is 0.133 e. The van der Waals surface area contributed by atoms with Crippen molar-refractivity contribution in [1.82, 2.24) is 15.3 Å². The largest absolute Gasteiger partial charge is 0.497 e. The zero-order valence-corrected chi connectivity index (χ0v) is 18.2. The SMILES string of the molecule is COc1cc(CN[C@H]2CC[C@@H](Nc3cc(N(C)C)nc(C)n3)CC2)cc(OC)c1. The van der Waals surface area contributed by atoms with Crippen LogP contribution in [0.1, 0.15) is 37.1 Å². The summed E-state index contributed by atoms with van der Waals surface area (Å²) < 4.78 is 10.7. The van der Waals surface area contributed by atoms with Gasteiger partial charge in [0.15, 0.2) is 0 Å². The monoisotopic (exact) mass is 399 g/mol. The van der Waals surface area contributed by atoms with Gasteiger partial charge in [-0.25, -0.2) is 9.97 Å². The van der Waals surface area contributed by atoms with Gasteiger partial charge in [0.1, 0.15) is 29.0 Å². The van der Waals surface area contributed by atoms with Gasteiger partial charge in [0.25, 0.3) is 0 Å². The van der Waals surface area contributed by atoms with Crippen molar-refractivity contribution in [3.05, 3.63) is 35.7 Å². The fourth-order valence-electron chi connectivity index (χ4n) is 3.74. The molecular weight excluding hydrogens is 366 g/mol. The molecule has 7 heteroatoms. The average molecular weight is 400 g/mol. The molecule has 2 N–H and O–H groups in total. The van der Waals surface area contributed by atoms with Crippen LogP contribution < -0.4 is 25.0 Å². The minimum atomic E-state index is 0.453. The molecule has 0 spiro atoms. The van der Waals surface area contributed by atoms with Crippen molar-refractivity contribution in [1.29, 1.82) is 0 Å². The summed E-state index contributed by atoms with van der Waals surface area (Å²) in [4.78, 5) is 11.0. The van der Waals surface area contributed by atoms with Gasteiger partial charge in [0.2, 0.25) is 0 Å². The van der Waals surface area contributed by atoms with Crippen molar-refractivity contribution in [3.63, 3.8) is 0 Å². The predicted octanol–water partition coefficient (Wildman–Crippen LogP) is 3.38. The van der Waals surface area contributed by atoms with Crippen LogP contribution in [0.2, 0.25) is 0 Å². The molecular formula is C22H33N5O2. The first kappa shape index (κ1) is 21.2. The summed E-state index contributed by atoms with van der Waals surface area (Å²) in [5.41, 5.74) is 1.18. The molecule has 0 atom stereocenters. The third kappa shape index (κ3) is 5.97. The van der Waals surface area contributed by atoms with E-state index in [9.17, 15) is 0 Å². The predicted molar refractivity (Wildman–Crippen MR) is 117 cm³/mol. The van der Waals surface area contributed by atoms with Crippen molar-refractivity contribution in [3.8, 4) is 11.5 Å². The number of hydrogen-bond donors (Lipinski definition) is 2. The van der Waals surface area contributed by atoms with Gasteiger partial charge >= 0.3 is 0 Å². The van der Waals surface area contributed by atoms with Crippen LogP contribution in [0.3, 0.4) is 0 Å². The van der Waals surface area contributed by atoms with Crippen molar-refractivity contribution in [2.24, 2.45) is 0 Å². The highest BCUT2D eigenvalue weighted by Gasteiger charge is 2.21. The van der Waals surface area contributed by atoms with Crippen LogP contribution in [0.15, 0.2) is 24.3 Å². The van der Waals surface area contributed by atoms with Gasteiger partial charge in [0.05, 0.1) is 14.2 Å².